The Morgan fingerprint density at radius 3 is 2.67 bits per heavy atom. The minimum absolute atomic E-state index is 0.0395. The van der Waals surface area contributed by atoms with Crippen molar-refractivity contribution in [3.63, 3.8) is 0 Å². The Kier molecular flexibility index (Phi) is 2.47. The Hall–Kier alpha value is -0.900. The lowest BCUT2D eigenvalue weighted by molar-refractivity contribution is 0.484. The van der Waals surface area contributed by atoms with Gasteiger partial charge < -0.3 is 0 Å². The Labute approximate surface area is 71.0 Å². The molecule has 0 saturated carbocycles. The summed E-state index contributed by atoms with van der Waals surface area (Å²) >= 11 is 0. The monoisotopic (exact) mass is 187 g/mol. The summed E-state index contributed by atoms with van der Waals surface area (Å²) in [5, 5.41) is 0. The van der Waals surface area contributed by atoms with E-state index in [-0.39, 0.29) is 10.5 Å². The van der Waals surface area contributed by atoms with Gasteiger partial charge in [0.25, 0.3) is 0 Å². The summed E-state index contributed by atoms with van der Waals surface area (Å²) in [7, 11) is -3.26. The molecule has 0 amide bonds. The molecule has 2 nitrogen and oxygen atoms in total. The van der Waals surface area contributed by atoms with Gasteiger partial charge in [0.1, 0.15) is 6.67 Å². The number of halogens is 1. The Bertz CT molecular complexity index is 370. The molecule has 0 aromatic heterocycles. The molecule has 1 rings (SSSR count). The maximum absolute atomic E-state index is 12.1. The molecule has 0 atom stereocenters. The van der Waals surface area contributed by atoms with Gasteiger partial charge in [-0.2, -0.15) is 0 Å². The lowest BCUT2D eigenvalue weighted by atomic mass is 10.2. The fourth-order valence-corrected chi connectivity index (χ4v) is 1.43. The molecule has 0 N–H and O–H groups in total. The number of hydrogen-bond acceptors (Lipinski definition) is 2. The van der Waals surface area contributed by atoms with E-state index in [2.05, 4.69) is 6.07 Å². The largest absolute Gasteiger partial charge is 0.246 e. The summed E-state index contributed by atoms with van der Waals surface area (Å²) in [6.45, 7) is -0.691. The van der Waals surface area contributed by atoms with Crippen LogP contribution in [0.15, 0.2) is 23.1 Å². The first-order valence-corrected chi connectivity index (χ1v) is 5.20. The first-order valence-electron chi connectivity index (χ1n) is 3.31. The highest BCUT2D eigenvalue weighted by atomic mass is 32.2. The number of hydrogen-bond donors (Lipinski definition) is 0. The van der Waals surface area contributed by atoms with Crippen LogP contribution in [0.25, 0.3) is 0 Å². The zero-order valence-electron chi connectivity index (χ0n) is 6.54. The maximum atomic E-state index is 12.1. The molecule has 0 aliphatic heterocycles. The molecule has 0 aliphatic rings. The van der Waals surface area contributed by atoms with E-state index in [0.29, 0.717) is 0 Å². The SMILES string of the molecule is CS(=O)(=O)c1[c]c(CF)ccc1. The molecule has 0 bridgehead atoms. The van der Waals surface area contributed by atoms with E-state index in [1.165, 1.54) is 18.2 Å². The third kappa shape index (κ3) is 2.04. The van der Waals surface area contributed by atoms with Gasteiger partial charge in [-0.15, -0.1) is 0 Å². The third-order valence-electron chi connectivity index (χ3n) is 1.37. The topological polar surface area (TPSA) is 34.1 Å². The van der Waals surface area contributed by atoms with Crippen LogP contribution in [0, 0.1) is 6.07 Å². The van der Waals surface area contributed by atoms with Crippen molar-refractivity contribution in [2.75, 3.05) is 6.26 Å². The van der Waals surface area contributed by atoms with Crippen LogP contribution in [0.1, 0.15) is 5.56 Å². The number of alkyl halides is 1. The molecule has 0 fully saturated rings. The molecule has 0 unspecified atom stereocenters. The molecular weight excluding hydrogens is 179 g/mol. The molecule has 65 valence electrons. The van der Waals surface area contributed by atoms with Gasteiger partial charge in [0.15, 0.2) is 9.84 Å². The smallest absolute Gasteiger partial charge is 0.176 e. The molecule has 0 aliphatic carbocycles. The van der Waals surface area contributed by atoms with E-state index < -0.39 is 16.5 Å². The van der Waals surface area contributed by atoms with Gasteiger partial charge in [-0.25, -0.2) is 12.8 Å². The fraction of sp³-hybridized carbons (Fsp3) is 0.250. The van der Waals surface area contributed by atoms with Crippen LogP contribution in [0.5, 0.6) is 0 Å². The molecule has 4 heteroatoms. The zero-order chi connectivity index (χ0) is 9.19. The predicted octanol–water partition coefficient (Wildman–Crippen LogP) is 1.36. The first kappa shape index (κ1) is 9.19. The van der Waals surface area contributed by atoms with Crippen molar-refractivity contribution < 1.29 is 12.8 Å². The highest BCUT2D eigenvalue weighted by molar-refractivity contribution is 7.90. The quantitative estimate of drug-likeness (QED) is 0.700. The van der Waals surface area contributed by atoms with Crippen LogP contribution < -0.4 is 0 Å². The van der Waals surface area contributed by atoms with E-state index in [9.17, 15) is 12.8 Å². The second-order valence-corrected chi connectivity index (χ2v) is 4.43. The average Bonchev–Trinajstić information content (AvgIpc) is 2.03. The van der Waals surface area contributed by atoms with Crippen molar-refractivity contribution in [3.05, 3.63) is 29.8 Å². The van der Waals surface area contributed by atoms with Crippen molar-refractivity contribution in [3.8, 4) is 0 Å². The van der Waals surface area contributed by atoms with Crippen molar-refractivity contribution in [1.29, 1.82) is 0 Å². The van der Waals surface area contributed by atoms with Crippen LogP contribution in [0.3, 0.4) is 0 Å². The van der Waals surface area contributed by atoms with E-state index in [4.69, 9.17) is 0 Å². The maximum Gasteiger partial charge on any atom is 0.176 e. The van der Waals surface area contributed by atoms with Crippen molar-refractivity contribution in [2.45, 2.75) is 11.6 Å². The van der Waals surface area contributed by atoms with Crippen LogP contribution in [-0.4, -0.2) is 14.7 Å². The Balaban J connectivity index is 3.20. The van der Waals surface area contributed by atoms with E-state index in [0.717, 1.165) is 6.26 Å². The second-order valence-electron chi connectivity index (χ2n) is 2.45. The highest BCUT2D eigenvalue weighted by Crippen LogP contribution is 2.10. The number of rotatable bonds is 2. The number of sulfone groups is 1. The van der Waals surface area contributed by atoms with Crippen molar-refractivity contribution in [1.82, 2.24) is 0 Å². The van der Waals surface area contributed by atoms with Crippen LogP contribution >= 0.6 is 0 Å². The summed E-state index contributed by atoms with van der Waals surface area (Å²) in [4.78, 5) is 0.0395. The normalized spacial score (nSPS) is 11.5. The lowest BCUT2D eigenvalue weighted by Crippen LogP contribution is -1.97. The molecule has 0 spiro atoms. The highest BCUT2D eigenvalue weighted by Gasteiger charge is 2.07. The second kappa shape index (κ2) is 3.23. The average molecular weight is 187 g/mol. The Morgan fingerprint density at radius 1 is 1.50 bits per heavy atom. The van der Waals surface area contributed by atoms with Gasteiger partial charge in [-0.05, 0) is 11.6 Å². The molecular formula is C8H8FO2S. The molecule has 0 heterocycles. The lowest BCUT2D eigenvalue weighted by Gasteiger charge is -1.98. The minimum Gasteiger partial charge on any atom is -0.246 e. The minimum atomic E-state index is -3.26. The Morgan fingerprint density at radius 2 is 2.17 bits per heavy atom. The van der Waals surface area contributed by atoms with Gasteiger partial charge in [-0.1, -0.05) is 12.1 Å². The fourth-order valence-electron chi connectivity index (χ4n) is 0.787. The van der Waals surface area contributed by atoms with Crippen LogP contribution in [0.4, 0.5) is 4.39 Å². The van der Waals surface area contributed by atoms with Gasteiger partial charge in [0.2, 0.25) is 0 Å². The molecule has 1 radical (unpaired) electrons. The molecule has 1 aromatic carbocycles. The third-order valence-corrected chi connectivity index (χ3v) is 2.41. The van der Waals surface area contributed by atoms with Crippen LogP contribution in [-0.2, 0) is 16.5 Å². The van der Waals surface area contributed by atoms with Crippen molar-refractivity contribution >= 4 is 9.84 Å². The summed E-state index contributed by atoms with van der Waals surface area (Å²) in [6, 6.07) is 6.86. The van der Waals surface area contributed by atoms with Gasteiger partial charge in [0, 0.05) is 12.3 Å². The zero-order valence-corrected chi connectivity index (χ0v) is 7.36. The summed E-state index contributed by atoms with van der Waals surface area (Å²) in [5.74, 6) is 0. The van der Waals surface area contributed by atoms with Gasteiger partial charge in [-0.3, -0.25) is 0 Å². The van der Waals surface area contributed by atoms with E-state index >= 15 is 0 Å². The summed E-state index contributed by atoms with van der Waals surface area (Å²) in [6.07, 6.45) is 1.07. The van der Waals surface area contributed by atoms with Crippen LogP contribution in [0.2, 0.25) is 0 Å². The summed E-state index contributed by atoms with van der Waals surface area (Å²) < 4.78 is 34.0. The number of benzene rings is 1. The standard InChI is InChI=1S/C8H8FO2S/c1-12(10,11)8-4-2-3-7(5-8)6-9/h2-4H,6H2,1H3. The molecule has 0 saturated heterocycles. The summed E-state index contributed by atoms with van der Waals surface area (Å²) in [5.41, 5.74) is 0.262. The first-order chi connectivity index (χ1) is 5.54. The van der Waals surface area contributed by atoms with E-state index in [1.807, 2.05) is 0 Å². The van der Waals surface area contributed by atoms with Gasteiger partial charge >= 0.3 is 0 Å². The molecule has 12 heavy (non-hydrogen) atoms. The molecule has 1 aromatic rings. The predicted molar refractivity (Wildman–Crippen MR) is 43.2 cm³/mol. The van der Waals surface area contributed by atoms with Crippen molar-refractivity contribution in [2.24, 2.45) is 0 Å². The van der Waals surface area contributed by atoms with Gasteiger partial charge in [0.05, 0.1) is 4.90 Å². The van der Waals surface area contributed by atoms with E-state index in [1.54, 1.807) is 0 Å².